The molecule has 6 heteroatoms. The largest absolute Gasteiger partial charge is 0.483 e. The van der Waals surface area contributed by atoms with Crippen LogP contribution in [0.5, 0.6) is 5.75 Å². The van der Waals surface area contributed by atoms with Crippen molar-refractivity contribution in [1.29, 1.82) is 0 Å². The van der Waals surface area contributed by atoms with Crippen molar-refractivity contribution in [1.82, 2.24) is 9.47 Å². The quantitative estimate of drug-likeness (QED) is 0.212. The lowest BCUT2D eigenvalue weighted by molar-refractivity contribution is 0.189. The summed E-state index contributed by atoms with van der Waals surface area (Å²) in [6, 6.07) is 26.1. The summed E-state index contributed by atoms with van der Waals surface area (Å²) in [7, 11) is 2.11. The average Bonchev–Trinajstić information content (AvgIpc) is 3.84. The molecule has 1 aromatic heterocycles. The Labute approximate surface area is 316 Å². The van der Waals surface area contributed by atoms with Crippen molar-refractivity contribution < 1.29 is 4.74 Å². The van der Waals surface area contributed by atoms with E-state index in [1.54, 1.807) is 0 Å². The van der Waals surface area contributed by atoms with Gasteiger partial charge in [-0.1, -0.05) is 117 Å². The van der Waals surface area contributed by atoms with Gasteiger partial charge in [-0.15, -0.1) is 0 Å². The Hall–Kier alpha value is -5.75. The maximum atomic E-state index is 6.78. The Morgan fingerprint density at radius 3 is 2.61 bits per heavy atom. The van der Waals surface area contributed by atoms with Gasteiger partial charge in [0.15, 0.2) is 5.84 Å². The molecule has 266 valence electrons. The molecule has 0 fully saturated rings. The van der Waals surface area contributed by atoms with Gasteiger partial charge >= 0.3 is 0 Å². The van der Waals surface area contributed by atoms with Gasteiger partial charge in [-0.05, 0) is 76.7 Å². The highest BCUT2D eigenvalue weighted by atomic mass is 16.5. The van der Waals surface area contributed by atoms with Crippen molar-refractivity contribution in [3.8, 4) is 5.75 Å². The van der Waals surface area contributed by atoms with E-state index < -0.39 is 0 Å². The van der Waals surface area contributed by atoms with Crippen LogP contribution in [0.1, 0.15) is 85.8 Å². The molecule has 5 atom stereocenters. The highest BCUT2D eigenvalue weighted by Crippen LogP contribution is 2.55. The number of benzene rings is 3. The number of nitrogens with zero attached hydrogens (tertiary/aromatic N) is 5. The molecule has 4 heterocycles. The van der Waals surface area contributed by atoms with E-state index in [0.29, 0.717) is 11.8 Å². The topological polar surface area (TPSA) is 54.5 Å². The molecule has 54 heavy (non-hydrogen) atoms. The summed E-state index contributed by atoms with van der Waals surface area (Å²) in [5, 5.41) is 1.21. The Morgan fingerprint density at radius 2 is 1.70 bits per heavy atom. The molecule has 0 bridgehead atoms. The fourth-order valence-electron chi connectivity index (χ4n) is 10.1. The zero-order valence-corrected chi connectivity index (χ0v) is 31.0. The van der Waals surface area contributed by atoms with Crippen LogP contribution in [0.3, 0.4) is 0 Å². The molecular weight excluding hydrogens is 663 g/mol. The third-order valence-electron chi connectivity index (χ3n) is 12.9. The predicted octanol–water partition coefficient (Wildman–Crippen LogP) is 10.5. The van der Waals surface area contributed by atoms with Crippen molar-refractivity contribution in [2.45, 2.75) is 69.3 Å². The van der Waals surface area contributed by atoms with Crippen molar-refractivity contribution in [3.05, 3.63) is 161 Å². The number of allylic oxidation sites excluding steroid dienone is 6. The van der Waals surface area contributed by atoms with E-state index in [4.69, 9.17) is 19.7 Å². The fraction of sp³-hybridized carbons (Fsp3) is 0.271. The average molecular weight is 706 g/mol. The first-order chi connectivity index (χ1) is 26.4. The maximum Gasteiger partial charge on any atom is 0.203 e. The fourth-order valence-corrected chi connectivity index (χ4v) is 10.1. The normalized spacial score (nSPS) is 27.0. The first-order valence-corrected chi connectivity index (χ1v) is 19.5. The number of aromatic nitrogens is 1. The number of para-hydroxylation sites is 2. The standard InChI is InChI=1S/C48H43N5O/c1-48(2)37-18-10-7-15-31(37)32-22-21-30(27-38(32)48)41-28-40(29-13-5-4-6-14-29)49-46(50-41)39-25-26-52(3)47(51-39)53-42-19-11-8-16-33(42)35-23-24-36-34-17-9-12-20-43(34)54-45(36)44(35)53/h5,7-26,36,38,40,45,47H,4,6,27-28H2,1-3H3. The minimum atomic E-state index is -0.342. The van der Waals surface area contributed by atoms with Gasteiger partial charge in [0, 0.05) is 47.8 Å². The van der Waals surface area contributed by atoms with Crippen LogP contribution in [-0.4, -0.2) is 39.8 Å². The van der Waals surface area contributed by atoms with Gasteiger partial charge in [0.05, 0.1) is 17.3 Å². The molecular formula is C48H43N5O. The molecule has 11 rings (SSSR count). The first kappa shape index (κ1) is 31.7. The van der Waals surface area contributed by atoms with Crippen molar-refractivity contribution in [3.63, 3.8) is 0 Å². The van der Waals surface area contributed by atoms with E-state index in [9.17, 15) is 0 Å². The van der Waals surface area contributed by atoms with E-state index in [2.05, 4.69) is 158 Å². The molecule has 0 N–H and O–H groups in total. The minimum Gasteiger partial charge on any atom is -0.483 e. The number of hydrogen-bond acceptors (Lipinski definition) is 5. The summed E-state index contributed by atoms with van der Waals surface area (Å²) in [5.41, 5.74) is 13.6. The van der Waals surface area contributed by atoms with Gasteiger partial charge in [-0.3, -0.25) is 4.99 Å². The second kappa shape index (κ2) is 11.9. The molecule has 0 spiro atoms. The number of hydrogen-bond donors (Lipinski definition) is 0. The van der Waals surface area contributed by atoms with Crippen LogP contribution in [-0.2, 0) is 5.41 Å². The van der Waals surface area contributed by atoms with Gasteiger partial charge < -0.3 is 14.2 Å². The van der Waals surface area contributed by atoms with Gasteiger partial charge in [0.25, 0.3) is 0 Å². The zero-order valence-electron chi connectivity index (χ0n) is 31.0. The summed E-state index contributed by atoms with van der Waals surface area (Å²) in [6.45, 7) is 4.82. The van der Waals surface area contributed by atoms with Crippen LogP contribution in [0.15, 0.2) is 148 Å². The lowest BCUT2D eigenvalue weighted by Gasteiger charge is -2.34. The predicted molar refractivity (Wildman–Crippen MR) is 220 cm³/mol. The summed E-state index contributed by atoms with van der Waals surface area (Å²) in [6.07, 6.45) is 23.9. The maximum absolute atomic E-state index is 6.78. The third kappa shape index (κ3) is 4.68. The second-order valence-corrected chi connectivity index (χ2v) is 16.2. The molecule has 0 saturated carbocycles. The van der Waals surface area contributed by atoms with Crippen LogP contribution < -0.4 is 4.74 Å². The minimum absolute atomic E-state index is 0.00484. The molecule has 6 nitrogen and oxygen atoms in total. The Morgan fingerprint density at radius 1 is 0.852 bits per heavy atom. The van der Waals surface area contributed by atoms with E-state index in [-0.39, 0.29) is 29.8 Å². The molecule has 0 amide bonds. The van der Waals surface area contributed by atoms with Crippen LogP contribution >= 0.6 is 0 Å². The van der Waals surface area contributed by atoms with Crippen molar-refractivity contribution in [2.24, 2.45) is 20.9 Å². The summed E-state index contributed by atoms with van der Waals surface area (Å²) in [4.78, 5) is 18.6. The Bertz CT molecular complexity index is 2570. The monoisotopic (exact) mass is 705 g/mol. The molecule has 0 radical (unpaired) electrons. The van der Waals surface area contributed by atoms with Crippen molar-refractivity contribution >= 4 is 39.8 Å². The molecule has 4 aromatic rings. The van der Waals surface area contributed by atoms with Gasteiger partial charge in [0.2, 0.25) is 6.29 Å². The van der Waals surface area contributed by atoms with E-state index in [1.807, 2.05) is 0 Å². The molecule has 5 unspecified atom stereocenters. The Balaban J connectivity index is 1.02. The van der Waals surface area contributed by atoms with E-state index >= 15 is 0 Å². The smallest absolute Gasteiger partial charge is 0.203 e. The van der Waals surface area contributed by atoms with Crippen LogP contribution in [0.4, 0.5) is 0 Å². The number of amidine groups is 1. The zero-order chi connectivity index (χ0) is 36.1. The van der Waals surface area contributed by atoms with Crippen LogP contribution in [0, 0.1) is 5.92 Å². The summed E-state index contributed by atoms with van der Waals surface area (Å²) in [5.74, 6) is 2.23. The second-order valence-electron chi connectivity index (χ2n) is 16.2. The molecule has 3 aliphatic heterocycles. The molecule has 3 aromatic carbocycles. The first-order valence-electron chi connectivity index (χ1n) is 19.5. The third-order valence-corrected chi connectivity index (χ3v) is 12.9. The Kier molecular flexibility index (Phi) is 6.98. The van der Waals surface area contributed by atoms with Gasteiger partial charge in [-0.2, -0.15) is 0 Å². The number of aliphatic imine (C=N–C) groups is 3. The SMILES string of the molecule is CN1C=CC(C2=NC(C3=CCCC=C3)CC(C3=CC=C4c5ccccc5C(C)(C)C4C3)=N2)=NC1n1c2c(c3ccccc31)C=CC1c3ccccc3OC21. The van der Waals surface area contributed by atoms with Gasteiger partial charge in [0.1, 0.15) is 17.6 Å². The van der Waals surface area contributed by atoms with Crippen molar-refractivity contribution in [2.75, 3.05) is 7.05 Å². The van der Waals surface area contributed by atoms with E-state index in [0.717, 1.165) is 54.1 Å². The van der Waals surface area contributed by atoms with Crippen LogP contribution in [0.25, 0.3) is 22.6 Å². The lowest BCUT2D eigenvalue weighted by atomic mass is 9.72. The molecule has 0 saturated heterocycles. The number of ether oxygens (including phenoxy) is 1. The highest BCUT2D eigenvalue weighted by Gasteiger charge is 2.45. The van der Waals surface area contributed by atoms with Crippen LogP contribution in [0.2, 0.25) is 0 Å². The van der Waals surface area contributed by atoms with E-state index in [1.165, 1.54) is 44.4 Å². The summed E-state index contributed by atoms with van der Waals surface area (Å²) >= 11 is 0. The van der Waals surface area contributed by atoms with Gasteiger partial charge in [-0.25, -0.2) is 9.98 Å². The highest BCUT2D eigenvalue weighted by molar-refractivity contribution is 6.48. The summed E-state index contributed by atoms with van der Waals surface area (Å²) < 4.78 is 9.18. The molecule has 7 aliphatic rings. The molecule has 4 aliphatic carbocycles. The number of rotatable bonds is 4. The lowest BCUT2D eigenvalue weighted by Crippen LogP contribution is -2.34. The number of fused-ring (bicyclic) bond motifs is 10.